The van der Waals surface area contributed by atoms with Gasteiger partial charge >= 0.3 is 5.97 Å². The Bertz CT molecular complexity index is 723. The van der Waals surface area contributed by atoms with Crippen molar-refractivity contribution in [2.75, 3.05) is 0 Å². The number of carbonyl (C=O) groups is 1. The van der Waals surface area contributed by atoms with E-state index in [2.05, 4.69) is 0 Å². The highest BCUT2D eigenvalue weighted by Gasteiger charge is 2.18. The Morgan fingerprint density at radius 3 is 2.55 bits per heavy atom. The van der Waals surface area contributed by atoms with Crippen LogP contribution in [0.5, 0.6) is 11.5 Å². The highest BCUT2D eigenvalue weighted by atomic mass is 19.1. The van der Waals surface area contributed by atoms with E-state index >= 15 is 0 Å². The van der Waals surface area contributed by atoms with Crippen molar-refractivity contribution in [3.05, 3.63) is 59.2 Å². The molecule has 1 N–H and O–H groups in total. The van der Waals surface area contributed by atoms with Crippen LogP contribution in [0.15, 0.2) is 36.4 Å². The Kier molecular flexibility index (Phi) is 3.62. The zero-order chi connectivity index (χ0) is 14.7. The minimum atomic E-state index is -1.39. The lowest BCUT2D eigenvalue weighted by Gasteiger charge is -2.10. The van der Waals surface area contributed by atoms with Crippen LogP contribution in [-0.2, 0) is 0 Å². The summed E-state index contributed by atoms with van der Waals surface area (Å²) in [6, 6.07) is 8.41. The average molecular weight is 275 g/mol. The maximum Gasteiger partial charge on any atom is 0.339 e. The van der Waals surface area contributed by atoms with E-state index in [1.54, 1.807) is 6.07 Å². The molecule has 0 heterocycles. The molecule has 0 aliphatic rings. The van der Waals surface area contributed by atoms with E-state index in [-0.39, 0.29) is 11.3 Å². The van der Waals surface area contributed by atoms with Crippen molar-refractivity contribution in [3.8, 4) is 17.6 Å². The van der Waals surface area contributed by atoms with Crippen LogP contribution in [0.1, 0.15) is 15.9 Å². The fourth-order valence-electron chi connectivity index (χ4n) is 1.54. The first-order chi connectivity index (χ1) is 9.52. The van der Waals surface area contributed by atoms with Gasteiger partial charge in [-0.15, -0.1) is 0 Å². The molecule has 0 unspecified atom stereocenters. The third kappa shape index (κ3) is 2.57. The molecule has 0 fully saturated rings. The van der Waals surface area contributed by atoms with Gasteiger partial charge in [-0.2, -0.15) is 5.26 Å². The number of benzene rings is 2. The Balaban J connectivity index is 2.45. The molecular weight excluding hydrogens is 268 g/mol. The molecule has 0 saturated heterocycles. The summed E-state index contributed by atoms with van der Waals surface area (Å²) in [5.74, 6) is -4.15. The predicted molar refractivity (Wildman–Crippen MR) is 64.5 cm³/mol. The summed E-state index contributed by atoms with van der Waals surface area (Å²) in [4.78, 5) is 11.0. The van der Waals surface area contributed by atoms with Gasteiger partial charge < -0.3 is 9.84 Å². The second kappa shape index (κ2) is 5.36. The summed E-state index contributed by atoms with van der Waals surface area (Å²) in [5, 5.41) is 17.5. The maximum absolute atomic E-state index is 13.6. The van der Waals surface area contributed by atoms with Crippen molar-refractivity contribution in [1.82, 2.24) is 0 Å². The van der Waals surface area contributed by atoms with Crippen LogP contribution in [-0.4, -0.2) is 11.1 Å². The first-order valence-electron chi connectivity index (χ1n) is 5.42. The number of carboxylic acid groups (broad SMARTS) is 1. The maximum atomic E-state index is 13.6. The molecule has 0 aliphatic carbocycles. The number of carboxylic acids is 1. The predicted octanol–water partition coefficient (Wildman–Crippen LogP) is 3.33. The minimum absolute atomic E-state index is 0.0711. The van der Waals surface area contributed by atoms with Gasteiger partial charge in [0.15, 0.2) is 23.1 Å². The summed E-state index contributed by atoms with van der Waals surface area (Å²) in [7, 11) is 0. The van der Waals surface area contributed by atoms with Crippen LogP contribution in [0.2, 0.25) is 0 Å². The number of rotatable bonds is 3. The summed E-state index contributed by atoms with van der Waals surface area (Å²) in [5.41, 5.74) is -0.351. The molecule has 0 amide bonds. The van der Waals surface area contributed by atoms with Crippen LogP contribution in [0.4, 0.5) is 8.78 Å². The zero-order valence-electron chi connectivity index (χ0n) is 9.93. The third-order valence-corrected chi connectivity index (χ3v) is 2.47. The molecule has 6 heteroatoms. The number of halogens is 2. The standard InChI is InChI=1S/C14H7F2NO3/c15-10-3-1-2-9(14(18)19)13(10)20-12-5-4-8(7-17)6-11(12)16/h1-6H,(H,18,19). The van der Waals surface area contributed by atoms with Crippen molar-refractivity contribution >= 4 is 5.97 Å². The summed E-state index contributed by atoms with van der Waals surface area (Å²) < 4.78 is 32.2. The van der Waals surface area contributed by atoms with Crippen LogP contribution in [0, 0.1) is 23.0 Å². The number of ether oxygens (including phenoxy) is 1. The van der Waals surface area contributed by atoms with E-state index < -0.39 is 28.9 Å². The first-order valence-corrected chi connectivity index (χ1v) is 5.42. The molecule has 0 aliphatic heterocycles. The lowest BCUT2D eigenvalue weighted by atomic mass is 10.2. The number of nitrogens with zero attached hydrogens (tertiary/aromatic N) is 1. The van der Waals surface area contributed by atoms with E-state index in [1.165, 1.54) is 12.1 Å². The van der Waals surface area contributed by atoms with E-state index in [9.17, 15) is 13.6 Å². The molecule has 0 aromatic heterocycles. The molecule has 20 heavy (non-hydrogen) atoms. The van der Waals surface area contributed by atoms with Gasteiger partial charge in [-0.25, -0.2) is 13.6 Å². The summed E-state index contributed by atoms with van der Waals surface area (Å²) in [6.07, 6.45) is 0. The highest BCUT2D eigenvalue weighted by Crippen LogP contribution is 2.30. The number of para-hydroxylation sites is 1. The van der Waals surface area contributed by atoms with Gasteiger partial charge in [0.1, 0.15) is 5.56 Å². The van der Waals surface area contributed by atoms with Crippen molar-refractivity contribution in [1.29, 1.82) is 5.26 Å². The number of nitriles is 1. The van der Waals surface area contributed by atoms with Gasteiger partial charge in [-0.3, -0.25) is 0 Å². The SMILES string of the molecule is N#Cc1ccc(Oc2c(F)cccc2C(=O)O)c(F)c1. The largest absolute Gasteiger partial charge is 0.478 e. The van der Waals surface area contributed by atoms with Crippen molar-refractivity contribution in [2.24, 2.45) is 0 Å². The van der Waals surface area contributed by atoms with Crippen molar-refractivity contribution in [3.63, 3.8) is 0 Å². The Morgan fingerprint density at radius 1 is 1.20 bits per heavy atom. The molecule has 0 spiro atoms. The molecule has 0 bridgehead atoms. The smallest absolute Gasteiger partial charge is 0.339 e. The summed E-state index contributed by atoms with van der Waals surface area (Å²) >= 11 is 0. The van der Waals surface area contributed by atoms with Gasteiger partial charge in [-0.1, -0.05) is 6.07 Å². The van der Waals surface area contributed by atoms with Gasteiger partial charge in [0.05, 0.1) is 11.6 Å². The van der Waals surface area contributed by atoms with E-state index in [0.29, 0.717) is 0 Å². The molecule has 100 valence electrons. The Morgan fingerprint density at radius 2 is 1.95 bits per heavy atom. The summed E-state index contributed by atoms with van der Waals surface area (Å²) in [6.45, 7) is 0. The van der Waals surface area contributed by atoms with Crippen LogP contribution < -0.4 is 4.74 Å². The van der Waals surface area contributed by atoms with Gasteiger partial charge in [0.2, 0.25) is 0 Å². The second-order valence-corrected chi connectivity index (χ2v) is 3.78. The Labute approximate surface area is 112 Å². The Hall–Kier alpha value is -2.94. The molecule has 2 rings (SSSR count). The third-order valence-electron chi connectivity index (χ3n) is 2.47. The number of hydrogen-bond acceptors (Lipinski definition) is 3. The molecule has 2 aromatic carbocycles. The highest BCUT2D eigenvalue weighted by molar-refractivity contribution is 5.91. The van der Waals surface area contributed by atoms with Crippen LogP contribution >= 0.6 is 0 Å². The minimum Gasteiger partial charge on any atom is -0.478 e. The number of hydrogen-bond donors (Lipinski definition) is 1. The molecule has 0 atom stereocenters. The fraction of sp³-hybridized carbons (Fsp3) is 0. The van der Waals surface area contributed by atoms with Gasteiger partial charge in [0, 0.05) is 0 Å². The average Bonchev–Trinajstić information content (AvgIpc) is 2.42. The monoisotopic (exact) mass is 275 g/mol. The van der Waals surface area contributed by atoms with Crippen molar-refractivity contribution in [2.45, 2.75) is 0 Å². The fourth-order valence-corrected chi connectivity index (χ4v) is 1.54. The van der Waals surface area contributed by atoms with E-state index in [1.807, 2.05) is 0 Å². The first kappa shape index (κ1) is 13.5. The van der Waals surface area contributed by atoms with E-state index in [4.69, 9.17) is 15.1 Å². The molecule has 0 radical (unpaired) electrons. The van der Waals surface area contributed by atoms with Crippen LogP contribution in [0.3, 0.4) is 0 Å². The normalized spacial score (nSPS) is 9.85. The van der Waals surface area contributed by atoms with Gasteiger partial charge in [0.25, 0.3) is 0 Å². The lowest BCUT2D eigenvalue weighted by Crippen LogP contribution is -2.02. The molecule has 0 saturated carbocycles. The van der Waals surface area contributed by atoms with Crippen molar-refractivity contribution < 1.29 is 23.4 Å². The van der Waals surface area contributed by atoms with E-state index in [0.717, 1.165) is 24.3 Å². The van der Waals surface area contributed by atoms with Crippen LogP contribution in [0.25, 0.3) is 0 Å². The molecule has 2 aromatic rings. The lowest BCUT2D eigenvalue weighted by molar-refractivity contribution is 0.0693. The van der Waals surface area contributed by atoms with Gasteiger partial charge in [-0.05, 0) is 30.3 Å². The second-order valence-electron chi connectivity index (χ2n) is 3.78. The molecule has 4 nitrogen and oxygen atoms in total. The molecular formula is C14H7F2NO3. The topological polar surface area (TPSA) is 70.3 Å². The number of aromatic carboxylic acids is 1. The zero-order valence-corrected chi connectivity index (χ0v) is 9.93. The quantitative estimate of drug-likeness (QED) is 0.932.